The Kier molecular flexibility index (Phi) is 5.92. The molecule has 0 heterocycles. The van der Waals surface area contributed by atoms with Crippen molar-refractivity contribution < 1.29 is 0 Å². The minimum absolute atomic E-state index is 0.631. The summed E-state index contributed by atoms with van der Waals surface area (Å²) in [5.41, 5.74) is 1.23. The van der Waals surface area contributed by atoms with Gasteiger partial charge in [-0.15, -0.1) is 0 Å². The Labute approximate surface area is 102 Å². The molecule has 0 bridgehead atoms. The maximum atomic E-state index is 8.49. The van der Waals surface area contributed by atoms with Crippen LogP contribution in [0.25, 0.3) is 0 Å². The zero-order valence-electron chi connectivity index (χ0n) is 9.62. The predicted molar refractivity (Wildman–Crippen MR) is 67.3 cm³/mol. The van der Waals surface area contributed by atoms with Gasteiger partial charge in [-0.05, 0) is 37.2 Å². The summed E-state index contributed by atoms with van der Waals surface area (Å²) in [4.78, 5) is 2.32. The Morgan fingerprint density at radius 1 is 1.44 bits per heavy atom. The molecule has 1 rings (SSSR count). The van der Waals surface area contributed by atoms with Crippen LogP contribution in [-0.2, 0) is 6.54 Å². The Bertz CT molecular complexity index is 357. The molecule has 0 spiro atoms. The van der Waals surface area contributed by atoms with Crippen LogP contribution in [0, 0.1) is 11.3 Å². The highest BCUT2D eigenvalue weighted by molar-refractivity contribution is 6.30. The zero-order valence-corrected chi connectivity index (χ0v) is 10.4. The molecule has 0 fully saturated rings. The highest BCUT2D eigenvalue weighted by atomic mass is 35.5. The van der Waals surface area contributed by atoms with Crippen molar-refractivity contribution in [2.75, 3.05) is 13.1 Å². The number of unbranched alkanes of at least 4 members (excludes halogenated alkanes) is 1. The monoisotopic (exact) mass is 236 g/mol. The minimum Gasteiger partial charge on any atom is -0.299 e. The van der Waals surface area contributed by atoms with Gasteiger partial charge in [0.25, 0.3) is 0 Å². The fourth-order valence-corrected chi connectivity index (χ4v) is 1.84. The summed E-state index contributed by atoms with van der Waals surface area (Å²) in [5.74, 6) is 0. The highest BCUT2D eigenvalue weighted by Crippen LogP contribution is 2.12. The van der Waals surface area contributed by atoms with Crippen molar-refractivity contribution in [1.82, 2.24) is 4.90 Å². The second-order valence-electron chi connectivity index (χ2n) is 3.76. The van der Waals surface area contributed by atoms with Gasteiger partial charge in [0.15, 0.2) is 0 Å². The lowest BCUT2D eigenvalue weighted by Crippen LogP contribution is -2.23. The van der Waals surface area contributed by atoms with E-state index in [1.807, 2.05) is 18.2 Å². The molecular formula is C13H17ClN2. The van der Waals surface area contributed by atoms with Gasteiger partial charge in [-0.1, -0.05) is 30.7 Å². The van der Waals surface area contributed by atoms with Crippen LogP contribution in [0.5, 0.6) is 0 Å². The molecule has 0 aliphatic heterocycles. The van der Waals surface area contributed by atoms with E-state index in [-0.39, 0.29) is 0 Å². The highest BCUT2D eigenvalue weighted by Gasteiger charge is 2.03. The Balaban J connectivity index is 2.47. The lowest BCUT2D eigenvalue weighted by atomic mass is 10.2. The Morgan fingerprint density at radius 3 is 2.88 bits per heavy atom. The summed E-state index contributed by atoms with van der Waals surface area (Å²) in [6.07, 6.45) is 1.57. The molecule has 0 saturated carbocycles. The van der Waals surface area contributed by atoms with Crippen LogP contribution in [0.2, 0.25) is 5.02 Å². The first-order valence-corrected chi connectivity index (χ1v) is 5.97. The molecule has 2 nitrogen and oxygen atoms in total. The fraction of sp³-hybridized carbons (Fsp3) is 0.462. The molecule has 0 saturated heterocycles. The van der Waals surface area contributed by atoms with Crippen LogP contribution < -0.4 is 0 Å². The molecular weight excluding hydrogens is 220 g/mol. The lowest BCUT2D eigenvalue weighted by Gasteiger charge is -2.19. The van der Waals surface area contributed by atoms with Crippen molar-refractivity contribution >= 4 is 11.6 Å². The molecule has 0 unspecified atom stereocenters. The van der Waals surface area contributed by atoms with Gasteiger partial charge >= 0.3 is 0 Å². The third kappa shape index (κ3) is 4.65. The van der Waals surface area contributed by atoms with Crippen LogP contribution in [0.15, 0.2) is 24.3 Å². The summed E-state index contributed by atoms with van der Waals surface area (Å²) in [6, 6.07) is 10.1. The summed E-state index contributed by atoms with van der Waals surface area (Å²) in [6.45, 7) is 5.01. The van der Waals surface area contributed by atoms with E-state index in [0.717, 1.165) is 31.1 Å². The molecule has 16 heavy (non-hydrogen) atoms. The van der Waals surface area contributed by atoms with E-state index >= 15 is 0 Å². The molecule has 0 amide bonds. The number of rotatable bonds is 6. The molecule has 86 valence electrons. The number of nitriles is 1. The van der Waals surface area contributed by atoms with Gasteiger partial charge in [0, 0.05) is 18.0 Å². The van der Waals surface area contributed by atoms with Crippen molar-refractivity contribution in [2.24, 2.45) is 0 Å². The average Bonchev–Trinajstić information content (AvgIpc) is 2.28. The molecule has 0 radical (unpaired) electrons. The number of hydrogen-bond donors (Lipinski definition) is 0. The van der Waals surface area contributed by atoms with E-state index < -0.39 is 0 Å². The molecule has 0 aromatic heterocycles. The summed E-state index contributed by atoms with van der Waals surface area (Å²) in [5, 5.41) is 9.27. The van der Waals surface area contributed by atoms with Crippen LogP contribution in [0.1, 0.15) is 25.3 Å². The van der Waals surface area contributed by atoms with Crippen molar-refractivity contribution in [1.29, 1.82) is 5.26 Å². The van der Waals surface area contributed by atoms with Crippen molar-refractivity contribution in [3.8, 4) is 6.07 Å². The number of nitrogens with zero attached hydrogens (tertiary/aromatic N) is 2. The zero-order chi connectivity index (χ0) is 11.8. The fourth-order valence-electron chi connectivity index (χ4n) is 1.62. The molecule has 0 N–H and O–H groups in total. The van der Waals surface area contributed by atoms with Crippen molar-refractivity contribution in [3.05, 3.63) is 34.9 Å². The van der Waals surface area contributed by atoms with Crippen molar-refractivity contribution in [3.63, 3.8) is 0 Å². The van der Waals surface area contributed by atoms with Gasteiger partial charge < -0.3 is 0 Å². The molecule has 0 aliphatic rings. The second kappa shape index (κ2) is 7.27. The normalized spacial score (nSPS) is 10.4. The molecule has 0 atom stereocenters. The third-order valence-electron chi connectivity index (χ3n) is 2.51. The maximum Gasteiger partial charge on any atom is 0.0622 e. The molecule has 0 aliphatic carbocycles. The first-order valence-electron chi connectivity index (χ1n) is 5.60. The van der Waals surface area contributed by atoms with E-state index in [1.165, 1.54) is 5.56 Å². The summed E-state index contributed by atoms with van der Waals surface area (Å²) >= 11 is 5.94. The topological polar surface area (TPSA) is 27.0 Å². The summed E-state index contributed by atoms with van der Waals surface area (Å²) < 4.78 is 0. The molecule has 1 aromatic carbocycles. The molecule has 1 aromatic rings. The lowest BCUT2D eigenvalue weighted by molar-refractivity contribution is 0.277. The van der Waals surface area contributed by atoms with E-state index in [9.17, 15) is 0 Å². The molecule has 3 heteroatoms. The van der Waals surface area contributed by atoms with Crippen molar-refractivity contribution in [2.45, 2.75) is 26.3 Å². The van der Waals surface area contributed by atoms with Gasteiger partial charge in [-0.2, -0.15) is 5.26 Å². The van der Waals surface area contributed by atoms with E-state index in [0.29, 0.717) is 6.42 Å². The SMILES string of the molecule is CCN(CCCC#N)Cc1cccc(Cl)c1. The Morgan fingerprint density at radius 2 is 2.25 bits per heavy atom. The van der Waals surface area contributed by atoms with Crippen LogP contribution in [0.3, 0.4) is 0 Å². The van der Waals surface area contributed by atoms with E-state index in [1.54, 1.807) is 0 Å². The quantitative estimate of drug-likeness (QED) is 0.708. The van der Waals surface area contributed by atoms with Crippen LogP contribution >= 0.6 is 11.6 Å². The maximum absolute atomic E-state index is 8.49. The van der Waals surface area contributed by atoms with Gasteiger partial charge in [0.05, 0.1) is 6.07 Å². The standard InChI is InChI=1S/C13H17ClN2/c1-2-16(9-4-3-8-15)11-12-6-5-7-13(14)10-12/h5-7,10H,2-4,9,11H2,1H3. The number of hydrogen-bond acceptors (Lipinski definition) is 2. The first-order chi connectivity index (χ1) is 7.76. The smallest absolute Gasteiger partial charge is 0.0622 e. The van der Waals surface area contributed by atoms with E-state index in [2.05, 4.69) is 24.0 Å². The first kappa shape index (κ1) is 13.0. The van der Waals surface area contributed by atoms with E-state index in [4.69, 9.17) is 16.9 Å². The number of benzene rings is 1. The second-order valence-corrected chi connectivity index (χ2v) is 4.20. The summed E-state index contributed by atoms with van der Waals surface area (Å²) in [7, 11) is 0. The number of halogens is 1. The van der Waals surface area contributed by atoms with Crippen LogP contribution in [-0.4, -0.2) is 18.0 Å². The van der Waals surface area contributed by atoms with Gasteiger partial charge in [0.1, 0.15) is 0 Å². The third-order valence-corrected chi connectivity index (χ3v) is 2.74. The Hall–Kier alpha value is -1.04. The van der Waals surface area contributed by atoms with Gasteiger partial charge in [-0.3, -0.25) is 4.90 Å². The largest absolute Gasteiger partial charge is 0.299 e. The van der Waals surface area contributed by atoms with Crippen LogP contribution in [0.4, 0.5) is 0 Å². The predicted octanol–water partition coefficient (Wildman–Crippen LogP) is 3.47. The van der Waals surface area contributed by atoms with Gasteiger partial charge in [0.2, 0.25) is 0 Å². The minimum atomic E-state index is 0.631. The van der Waals surface area contributed by atoms with Gasteiger partial charge in [-0.25, -0.2) is 0 Å². The average molecular weight is 237 g/mol.